The van der Waals surface area contributed by atoms with Gasteiger partial charge in [0.25, 0.3) is 0 Å². The molecule has 0 unspecified atom stereocenters. The first kappa shape index (κ1) is 11.2. The molecule has 16 heavy (non-hydrogen) atoms. The molecule has 1 aromatic rings. The summed E-state index contributed by atoms with van der Waals surface area (Å²) in [6, 6.07) is 6.78. The van der Waals surface area contributed by atoms with E-state index < -0.39 is 0 Å². The number of carbonyl (C=O) groups is 1. The number of amides is 1. The number of carbonyl (C=O) groups excluding carboxylic acids is 1. The van der Waals surface area contributed by atoms with E-state index in [-0.39, 0.29) is 5.91 Å². The highest BCUT2D eigenvalue weighted by Gasteiger charge is 2.28. The van der Waals surface area contributed by atoms with Crippen LogP contribution in [-0.4, -0.2) is 11.9 Å². The molecular formula is C14H19NO. The van der Waals surface area contributed by atoms with Crippen LogP contribution >= 0.6 is 0 Å². The third-order valence-electron chi connectivity index (χ3n) is 3.33. The summed E-state index contributed by atoms with van der Waals surface area (Å²) in [6.07, 6.45) is 0.982. The fraction of sp³-hybridized carbons (Fsp3) is 0.500. The van der Waals surface area contributed by atoms with Crippen LogP contribution in [0.4, 0.5) is 5.69 Å². The largest absolute Gasteiger partial charge is 0.309 e. The number of fused-ring (bicyclic) bond motifs is 1. The number of hydrogen-bond acceptors (Lipinski definition) is 1. The summed E-state index contributed by atoms with van der Waals surface area (Å²) in [4.78, 5) is 13.5. The van der Waals surface area contributed by atoms with Crippen LogP contribution in [0, 0.1) is 0 Å². The molecule has 1 aliphatic rings. The van der Waals surface area contributed by atoms with Gasteiger partial charge in [-0.2, -0.15) is 0 Å². The second kappa shape index (κ2) is 3.93. The third kappa shape index (κ3) is 1.73. The van der Waals surface area contributed by atoms with E-state index in [9.17, 15) is 4.79 Å². The first-order valence-electron chi connectivity index (χ1n) is 5.93. The number of nitrogens with zero attached hydrogens (tertiary/aromatic N) is 1. The minimum atomic E-state index is 0.142. The summed E-state index contributed by atoms with van der Waals surface area (Å²) in [5, 5.41) is 0. The van der Waals surface area contributed by atoms with E-state index >= 15 is 0 Å². The Morgan fingerprint density at radius 2 is 2.12 bits per heavy atom. The summed E-state index contributed by atoms with van der Waals surface area (Å²) in [6.45, 7) is 8.14. The minimum Gasteiger partial charge on any atom is -0.309 e. The van der Waals surface area contributed by atoms with E-state index in [0.717, 1.165) is 12.1 Å². The number of benzene rings is 1. The molecule has 0 saturated carbocycles. The lowest BCUT2D eigenvalue weighted by molar-refractivity contribution is -0.116. The normalized spacial score (nSPS) is 19.1. The highest BCUT2D eigenvalue weighted by molar-refractivity contribution is 5.94. The molecule has 0 spiro atoms. The van der Waals surface area contributed by atoms with Gasteiger partial charge in [0, 0.05) is 18.7 Å². The van der Waals surface area contributed by atoms with E-state index in [1.807, 2.05) is 4.90 Å². The molecule has 1 amide bonds. The molecule has 1 heterocycles. The fourth-order valence-corrected chi connectivity index (χ4v) is 2.49. The van der Waals surface area contributed by atoms with Crippen molar-refractivity contribution >= 4 is 11.6 Å². The van der Waals surface area contributed by atoms with Gasteiger partial charge >= 0.3 is 0 Å². The van der Waals surface area contributed by atoms with Crippen LogP contribution < -0.4 is 4.90 Å². The first-order valence-corrected chi connectivity index (χ1v) is 5.93. The molecule has 1 aliphatic heterocycles. The highest BCUT2D eigenvalue weighted by atomic mass is 16.2. The van der Waals surface area contributed by atoms with Crippen molar-refractivity contribution in [1.82, 2.24) is 0 Å². The zero-order chi connectivity index (χ0) is 11.9. The lowest BCUT2D eigenvalue weighted by Gasteiger charge is -2.20. The smallest absolute Gasteiger partial charge is 0.224 e. The van der Waals surface area contributed by atoms with E-state index in [1.165, 1.54) is 11.1 Å². The average Bonchev–Trinajstić information content (AvgIpc) is 2.51. The fourth-order valence-electron chi connectivity index (χ4n) is 2.49. The Bertz CT molecular complexity index is 423. The van der Waals surface area contributed by atoms with Crippen LogP contribution in [0.5, 0.6) is 0 Å². The molecule has 0 radical (unpaired) electrons. The maximum atomic E-state index is 11.6. The molecule has 0 N–H and O–H groups in total. The Balaban J connectivity index is 2.42. The van der Waals surface area contributed by atoms with Gasteiger partial charge in [-0.25, -0.2) is 0 Å². The number of anilines is 1. The van der Waals surface area contributed by atoms with Crippen LogP contribution in [0.1, 0.15) is 44.7 Å². The number of hydrogen-bond donors (Lipinski definition) is 0. The minimum absolute atomic E-state index is 0.142. The Morgan fingerprint density at radius 3 is 2.69 bits per heavy atom. The molecule has 2 heteroatoms. The molecule has 1 atom stereocenters. The maximum Gasteiger partial charge on any atom is 0.224 e. The average molecular weight is 217 g/mol. The second-order valence-corrected chi connectivity index (χ2v) is 4.99. The summed E-state index contributed by atoms with van der Waals surface area (Å²) in [5.41, 5.74) is 3.77. The summed E-state index contributed by atoms with van der Waals surface area (Å²) < 4.78 is 0. The zero-order valence-corrected chi connectivity index (χ0v) is 10.4. The quantitative estimate of drug-likeness (QED) is 0.707. The molecule has 2 nitrogen and oxygen atoms in total. The lowest BCUT2D eigenvalue weighted by atomic mass is 9.99. The van der Waals surface area contributed by atoms with Gasteiger partial charge in [-0.15, -0.1) is 0 Å². The van der Waals surface area contributed by atoms with E-state index in [0.29, 0.717) is 12.0 Å². The Morgan fingerprint density at radius 1 is 1.44 bits per heavy atom. The van der Waals surface area contributed by atoms with Gasteiger partial charge in [0.1, 0.15) is 0 Å². The Kier molecular flexibility index (Phi) is 2.75. The van der Waals surface area contributed by atoms with Gasteiger partial charge in [-0.05, 0) is 36.5 Å². The van der Waals surface area contributed by atoms with Crippen molar-refractivity contribution in [2.24, 2.45) is 0 Å². The molecule has 0 saturated heterocycles. The topological polar surface area (TPSA) is 20.3 Å². The van der Waals surface area contributed by atoms with Gasteiger partial charge in [-0.3, -0.25) is 4.79 Å². The van der Waals surface area contributed by atoms with Crippen molar-refractivity contribution in [1.29, 1.82) is 0 Å². The van der Waals surface area contributed by atoms with Gasteiger partial charge in [0.05, 0.1) is 0 Å². The predicted molar refractivity (Wildman–Crippen MR) is 66.9 cm³/mol. The van der Waals surface area contributed by atoms with Crippen molar-refractivity contribution in [3.05, 3.63) is 29.3 Å². The van der Waals surface area contributed by atoms with Crippen LogP contribution in [0.25, 0.3) is 0 Å². The van der Waals surface area contributed by atoms with Gasteiger partial charge in [-0.1, -0.05) is 26.0 Å². The first-order chi connectivity index (χ1) is 7.50. The zero-order valence-electron chi connectivity index (χ0n) is 10.4. The molecule has 0 bridgehead atoms. The van der Waals surface area contributed by atoms with E-state index in [2.05, 4.69) is 39.0 Å². The summed E-state index contributed by atoms with van der Waals surface area (Å²) in [7, 11) is 0. The van der Waals surface area contributed by atoms with Crippen LogP contribution in [-0.2, 0) is 11.2 Å². The van der Waals surface area contributed by atoms with Crippen molar-refractivity contribution < 1.29 is 4.79 Å². The lowest BCUT2D eigenvalue weighted by Crippen LogP contribution is -2.33. The van der Waals surface area contributed by atoms with Crippen molar-refractivity contribution in [3.8, 4) is 0 Å². The monoisotopic (exact) mass is 217 g/mol. The second-order valence-electron chi connectivity index (χ2n) is 4.99. The summed E-state index contributed by atoms with van der Waals surface area (Å²) in [5.74, 6) is 0.690. The van der Waals surface area contributed by atoms with Crippen LogP contribution in [0.3, 0.4) is 0 Å². The standard InChI is InChI=1S/C14H19NO/c1-9(2)12-5-6-14-13(8-12)7-10(3)15(14)11(4)16/h5-6,8-10H,7H2,1-4H3/t10-/m1/s1. The Labute approximate surface area is 97.3 Å². The van der Waals surface area contributed by atoms with E-state index in [4.69, 9.17) is 0 Å². The molecule has 0 fully saturated rings. The summed E-state index contributed by atoms with van der Waals surface area (Å²) >= 11 is 0. The van der Waals surface area contributed by atoms with E-state index in [1.54, 1.807) is 6.92 Å². The third-order valence-corrected chi connectivity index (χ3v) is 3.33. The van der Waals surface area contributed by atoms with Crippen LogP contribution in [0.2, 0.25) is 0 Å². The van der Waals surface area contributed by atoms with Crippen molar-refractivity contribution in [3.63, 3.8) is 0 Å². The SMILES string of the molecule is CC(=O)N1c2ccc(C(C)C)cc2C[C@H]1C. The van der Waals surface area contributed by atoms with Gasteiger partial charge < -0.3 is 4.90 Å². The maximum absolute atomic E-state index is 11.6. The molecular weight excluding hydrogens is 198 g/mol. The number of rotatable bonds is 1. The molecule has 0 aliphatic carbocycles. The highest BCUT2D eigenvalue weighted by Crippen LogP contribution is 2.34. The Hall–Kier alpha value is -1.31. The predicted octanol–water partition coefficient (Wildman–Crippen LogP) is 3.11. The van der Waals surface area contributed by atoms with Gasteiger partial charge in [0.2, 0.25) is 5.91 Å². The van der Waals surface area contributed by atoms with Gasteiger partial charge in [0.15, 0.2) is 0 Å². The van der Waals surface area contributed by atoms with Crippen LogP contribution in [0.15, 0.2) is 18.2 Å². The molecule has 1 aromatic carbocycles. The van der Waals surface area contributed by atoms with Crippen molar-refractivity contribution in [2.75, 3.05) is 4.90 Å². The van der Waals surface area contributed by atoms with Crippen molar-refractivity contribution in [2.45, 2.75) is 46.1 Å². The molecule has 2 rings (SSSR count). The molecule has 86 valence electrons. The molecule has 0 aromatic heterocycles.